The van der Waals surface area contributed by atoms with Gasteiger partial charge in [0.1, 0.15) is 18.1 Å². The summed E-state index contributed by atoms with van der Waals surface area (Å²) < 4.78 is 21.5. The number of ether oxygens (including phenoxy) is 4. The summed E-state index contributed by atoms with van der Waals surface area (Å²) in [6.45, 7) is 7.22. The van der Waals surface area contributed by atoms with Crippen LogP contribution >= 0.6 is 0 Å². The van der Waals surface area contributed by atoms with E-state index in [-0.39, 0.29) is 11.3 Å². The smallest absolute Gasteiger partial charge is 0.255 e. The van der Waals surface area contributed by atoms with Crippen LogP contribution in [0.4, 0.5) is 0 Å². The van der Waals surface area contributed by atoms with Crippen molar-refractivity contribution in [3.63, 3.8) is 0 Å². The Morgan fingerprint density at radius 1 is 0.893 bits per heavy atom. The fraction of sp³-hybridized carbons (Fsp3) is 0.409. The normalized spacial score (nSPS) is 10.9. The van der Waals surface area contributed by atoms with Crippen molar-refractivity contribution >= 4 is 5.91 Å². The molecule has 1 N–H and O–H groups in total. The van der Waals surface area contributed by atoms with Crippen molar-refractivity contribution in [3.05, 3.63) is 47.5 Å². The molecular weight excluding hydrogens is 358 g/mol. The lowest BCUT2D eigenvalue weighted by Gasteiger charge is -2.19. The largest absolute Gasteiger partial charge is 0.496 e. The van der Waals surface area contributed by atoms with Gasteiger partial charge in [0, 0.05) is 12.1 Å². The molecule has 6 heteroatoms. The summed E-state index contributed by atoms with van der Waals surface area (Å²) in [5.41, 5.74) is 1.72. The lowest BCUT2D eigenvalue weighted by molar-refractivity contribution is 0.0943. The van der Waals surface area contributed by atoms with Crippen LogP contribution in [-0.2, 0) is 5.41 Å². The first-order chi connectivity index (χ1) is 13.3. The zero-order chi connectivity index (χ0) is 20.7. The number of carbonyl (C=O) groups is 1. The van der Waals surface area contributed by atoms with Crippen LogP contribution in [0.5, 0.6) is 23.0 Å². The van der Waals surface area contributed by atoms with Crippen LogP contribution in [0.25, 0.3) is 0 Å². The molecule has 0 spiro atoms. The number of benzene rings is 2. The van der Waals surface area contributed by atoms with Crippen LogP contribution in [0, 0.1) is 0 Å². The minimum Gasteiger partial charge on any atom is -0.496 e. The molecule has 0 aliphatic rings. The first-order valence-corrected chi connectivity index (χ1v) is 9.11. The predicted molar refractivity (Wildman–Crippen MR) is 109 cm³/mol. The molecule has 1 amide bonds. The third-order valence-corrected chi connectivity index (χ3v) is 4.33. The molecule has 6 nitrogen and oxygen atoms in total. The van der Waals surface area contributed by atoms with E-state index in [4.69, 9.17) is 18.9 Å². The highest BCUT2D eigenvalue weighted by molar-refractivity contribution is 5.97. The molecule has 0 aliphatic heterocycles. The van der Waals surface area contributed by atoms with Gasteiger partial charge in [0.05, 0.1) is 33.4 Å². The summed E-state index contributed by atoms with van der Waals surface area (Å²) in [6, 6.07) is 11.2. The minimum atomic E-state index is -0.274. The van der Waals surface area contributed by atoms with E-state index in [2.05, 4.69) is 38.2 Å². The summed E-state index contributed by atoms with van der Waals surface area (Å²) in [4.78, 5) is 12.5. The number of rotatable bonds is 8. The van der Waals surface area contributed by atoms with Crippen molar-refractivity contribution in [2.75, 3.05) is 34.5 Å². The van der Waals surface area contributed by atoms with Crippen molar-refractivity contribution in [2.24, 2.45) is 0 Å². The second kappa shape index (κ2) is 9.35. The number of hydrogen-bond donors (Lipinski definition) is 1. The molecule has 0 saturated heterocycles. The predicted octanol–water partition coefficient (Wildman–Crippen LogP) is 3.82. The molecule has 152 valence electrons. The van der Waals surface area contributed by atoms with E-state index >= 15 is 0 Å². The SMILES string of the molecule is COc1cc(OC)c(C(=O)NCCOc2ccc(C(C)(C)C)cc2)cc1OC. The molecule has 0 atom stereocenters. The zero-order valence-electron chi connectivity index (χ0n) is 17.4. The van der Waals surface area contributed by atoms with Gasteiger partial charge in [0.15, 0.2) is 11.5 Å². The maximum atomic E-state index is 12.5. The molecule has 28 heavy (non-hydrogen) atoms. The summed E-state index contributed by atoms with van der Waals surface area (Å²) in [7, 11) is 4.55. The fourth-order valence-corrected chi connectivity index (χ4v) is 2.69. The lowest BCUT2D eigenvalue weighted by atomic mass is 9.87. The Balaban J connectivity index is 1.94. The Morgan fingerprint density at radius 3 is 2.00 bits per heavy atom. The summed E-state index contributed by atoms with van der Waals surface area (Å²) >= 11 is 0. The van der Waals surface area contributed by atoms with Gasteiger partial charge in [0.25, 0.3) is 5.91 Å². The lowest BCUT2D eigenvalue weighted by Crippen LogP contribution is -2.28. The Labute approximate surface area is 166 Å². The topological polar surface area (TPSA) is 66.0 Å². The van der Waals surface area contributed by atoms with Gasteiger partial charge in [-0.15, -0.1) is 0 Å². The first-order valence-electron chi connectivity index (χ1n) is 9.11. The number of hydrogen-bond acceptors (Lipinski definition) is 5. The van der Waals surface area contributed by atoms with E-state index in [1.165, 1.54) is 26.9 Å². The highest BCUT2D eigenvalue weighted by Crippen LogP contribution is 2.34. The van der Waals surface area contributed by atoms with Crippen LogP contribution in [0.1, 0.15) is 36.7 Å². The molecule has 0 aromatic heterocycles. The van der Waals surface area contributed by atoms with Crippen LogP contribution in [0.3, 0.4) is 0 Å². The molecule has 2 rings (SSSR count). The van der Waals surface area contributed by atoms with Crippen LogP contribution in [0.2, 0.25) is 0 Å². The third kappa shape index (κ3) is 5.31. The van der Waals surface area contributed by atoms with Crippen molar-refractivity contribution in [1.29, 1.82) is 0 Å². The monoisotopic (exact) mass is 387 g/mol. The van der Waals surface area contributed by atoms with Gasteiger partial charge in [-0.3, -0.25) is 4.79 Å². The fourth-order valence-electron chi connectivity index (χ4n) is 2.69. The van der Waals surface area contributed by atoms with Gasteiger partial charge >= 0.3 is 0 Å². The van der Waals surface area contributed by atoms with Crippen molar-refractivity contribution in [2.45, 2.75) is 26.2 Å². The van der Waals surface area contributed by atoms with Crippen molar-refractivity contribution in [3.8, 4) is 23.0 Å². The molecule has 0 unspecified atom stereocenters. The van der Waals surface area contributed by atoms with Gasteiger partial charge in [-0.2, -0.15) is 0 Å². The third-order valence-electron chi connectivity index (χ3n) is 4.33. The summed E-state index contributed by atoms with van der Waals surface area (Å²) in [5.74, 6) is 1.87. The molecule has 2 aromatic rings. The first kappa shape index (κ1) is 21.4. The van der Waals surface area contributed by atoms with E-state index < -0.39 is 0 Å². The highest BCUT2D eigenvalue weighted by Gasteiger charge is 2.17. The number of amides is 1. The van der Waals surface area contributed by atoms with E-state index in [1.54, 1.807) is 12.1 Å². The Kier molecular flexibility index (Phi) is 7.15. The van der Waals surface area contributed by atoms with Gasteiger partial charge in [-0.25, -0.2) is 0 Å². The van der Waals surface area contributed by atoms with Gasteiger partial charge < -0.3 is 24.3 Å². The standard InChI is InChI=1S/C22H29NO5/c1-22(2,3)15-7-9-16(10-8-15)28-12-11-23-21(24)17-13-19(26-5)20(27-6)14-18(17)25-4/h7-10,13-14H,11-12H2,1-6H3,(H,23,24). The van der Waals surface area contributed by atoms with Gasteiger partial charge in [0.2, 0.25) is 0 Å². The van der Waals surface area contributed by atoms with E-state index in [0.29, 0.717) is 36.0 Å². The second-order valence-corrected chi connectivity index (χ2v) is 7.29. The number of nitrogens with one attached hydrogen (secondary N) is 1. The minimum absolute atomic E-state index is 0.102. The summed E-state index contributed by atoms with van der Waals surface area (Å²) in [5, 5.41) is 2.83. The number of carbonyl (C=O) groups excluding carboxylic acids is 1. The van der Waals surface area contributed by atoms with Crippen LogP contribution in [-0.4, -0.2) is 40.4 Å². The van der Waals surface area contributed by atoms with E-state index in [0.717, 1.165) is 5.75 Å². The van der Waals surface area contributed by atoms with Gasteiger partial charge in [-0.05, 0) is 23.1 Å². The molecule has 0 radical (unpaired) electrons. The molecule has 0 fully saturated rings. The quantitative estimate of drug-likeness (QED) is 0.698. The van der Waals surface area contributed by atoms with Crippen LogP contribution < -0.4 is 24.3 Å². The second-order valence-electron chi connectivity index (χ2n) is 7.29. The molecule has 2 aromatic carbocycles. The van der Waals surface area contributed by atoms with E-state index in [9.17, 15) is 4.79 Å². The Morgan fingerprint density at radius 2 is 1.46 bits per heavy atom. The summed E-state index contributed by atoms with van der Waals surface area (Å²) in [6.07, 6.45) is 0. The van der Waals surface area contributed by atoms with Gasteiger partial charge in [-0.1, -0.05) is 32.9 Å². The average molecular weight is 387 g/mol. The highest BCUT2D eigenvalue weighted by atomic mass is 16.5. The van der Waals surface area contributed by atoms with Crippen LogP contribution in [0.15, 0.2) is 36.4 Å². The zero-order valence-corrected chi connectivity index (χ0v) is 17.4. The average Bonchev–Trinajstić information content (AvgIpc) is 2.69. The Hall–Kier alpha value is -2.89. The molecule has 0 heterocycles. The van der Waals surface area contributed by atoms with E-state index in [1.807, 2.05) is 12.1 Å². The molecule has 0 aliphatic carbocycles. The molecule has 0 saturated carbocycles. The Bertz CT molecular complexity index is 794. The maximum Gasteiger partial charge on any atom is 0.255 e. The number of methoxy groups -OCH3 is 3. The van der Waals surface area contributed by atoms with Crippen molar-refractivity contribution in [1.82, 2.24) is 5.32 Å². The van der Waals surface area contributed by atoms with Crippen molar-refractivity contribution < 1.29 is 23.7 Å². The molecule has 0 bridgehead atoms. The maximum absolute atomic E-state index is 12.5. The molecular formula is C22H29NO5.